The summed E-state index contributed by atoms with van der Waals surface area (Å²) >= 11 is 0. The van der Waals surface area contributed by atoms with Crippen LogP contribution in [0.2, 0.25) is 0 Å². The van der Waals surface area contributed by atoms with Crippen LogP contribution in [0.4, 0.5) is 0 Å². The van der Waals surface area contributed by atoms with E-state index < -0.39 is 5.97 Å². The van der Waals surface area contributed by atoms with Crippen LogP contribution in [0.1, 0.15) is 19.4 Å². The number of aliphatic carboxylic acids is 1. The van der Waals surface area contributed by atoms with Crippen molar-refractivity contribution in [1.29, 1.82) is 0 Å². The third kappa shape index (κ3) is 4.13. The van der Waals surface area contributed by atoms with Crippen LogP contribution in [0.15, 0.2) is 48.6 Å². The number of carboxylic acid groups (broad SMARTS) is 1. The zero-order valence-electron chi connectivity index (χ0n) is 10.8. The van der Waals surface area contributed by atoms with Crippen molar-refractivity contribution in [2.75, 3.05) is 0 Å². The third-order valence-corrected chi connectivity index (χ3v) is 2.48. The normalized spacial score (nSPS) is 12.4. The monoisotopic (exact) mass is 243 g/mol. The fourth-order valence-corrected chi connectivity index (χ4v) is 1.67. The van der Waals surface area contributed by atoms with Gasteiger partial charge in [0.2, 0.25) is 0 Å². The summed E-state index contributed by atoms with van der Waals surface area (Å²) in [4.78, 5) is 10.5. The number of rotatable bonds is 3. The van der Waals surface area contributed by atoms with Crippen molar-refractivity contribution >= 4 is 18.3 Å². The van der Waals surface area contributed by atoms with Crippen molar-refractivity contribution < 1.29 is 9.90 Å². The standard InChI is InChI=1S/C12H12BNO2.C2H6/c15-12(16)9-10-3-5-11(6-4-10)13-7-1-2-8-14-13;1-2/h1-8,14H,9H2,(H,15,16);1-2H3. The van der Waals surface area contributed by atoms with Gasteiger partial charge >= 0.3 is 12.8 Å². The Kier molecular flexibility index (Phi) is 5.78. The molecule has 2 rings (SSSR count). The number of carboxylic acids is 1. The van der Waals surface area contributed by atoms with E-state index in [4.69, 9.17) is 5.11 Å². The van der Waals surface area contributed by atoms with Gasteiger partial charge < -0.3 is 10.3 Å². The van der Waals surface area contributed by atoms with Crippen molar-refractivity contribution in [2.45, 2.75) is 20.3 Å². The molecule has 18 heavy (non-hydrogen) atoms. The number of allylic oxidation sites excluding steroid dienone is 2. The molecule has 0 bridgehead atoms. The number of nitrogens with one attached hydrogen (secondary N) is 1. The van der Waals surface area contributed by atoms with Crippen molar-refractivity contribution in [3.8, 4) is 0 Å². The second-order valence-electron chi connectivity index (χ2n) is 3.70. The lowest BCUT2D eigenvalue weighted by Gasteiger charge is -2.12. The van der Waals surface area contributed by atoms with Gasteiger partial charge in [0.25, 0.3) is 0 Å². The molecular formula is C14H18BNO2. The Labute approximate surface area is 108 Å². The minimum Gasteiger partial charge on any atom is -0.481 e. The van der Waals surface area contributed by atoms with E-state index in [1.54, 1.807) is 0 Å². The van der Waals surface area contributed by atoms with Gasteiger partial charge in [0.05, 0.1) is 6.42 Å². The predicted octanol–water partition coefficient (Wildman–Crippen LogP) is 1.75. The first-order chi connectivity index (χ1) is 8.75. The van der Waals surface area contributed by atoms with Crippen LogP contribution in [0.25, 0.3) is 0 Å². The van der Waals surface area contributed by atoms with E-state index in [-0.39, 0.29) is 13.3 Å². The van der Waals surface area contributed by atoms with Crippen molar-refractivity contribution in [3.05, 3.63) is 54.2 Å². The molecule has 0 unspecified atom stereocenters. The average molecular weight is 243 g/mol. The maximum absolute atomic E-state index is 10.5. The zero-order chi connectivity index (χ0) is 13.4. The second kappa shape index (κ2) is 7.38. The molecule has 0 amide bonds. The number of hydrogen-bond acceptors (Lipinski definition) is 2. The molecule has 3 nitrogen and oxygen atoms in total. The predicted molar refractivity (Wildman–Crippen MR) is 75.9 cm³/mol. The lowest BCUT2D eigenvalue weighted by molar-refractivity contribution is -0.136. The van der Waals surface area contributed by atoms with Gasteiger partial charge in [-0.05, 0) is 17.8 Å². The fraction of sp³-hybridized carbons (Fsp3) is 0.214. The molecule has 2 N–H and O–H groups in total. The van der Waals surface area contributed by atoms with Crippen LogP contribution in [0, 0.1) is 0 Å². The molecule has 94 valence electrons. The molecule has 1 aliphatic rings. The van der Waals surface area contributed by atoms with Gasteiger partial charge in [0.1, 0.15) is 0 Å². The second-order valence-corrected chi connectivity index (χ2v) is 3.70. The van der Waals surface area contributed by atoms with Gasteiger partial charge in [-0.25, -0.2) is 0 Å². The molecule has 0 atom stereocenters. The van der Waals surface area contributed by atoms with E-state index >= 15 is 0 Å². The van der Waals surface area contributed by atoms with Crippen molar-refractivity contribution in [2.24, 2.45) is 0 Å². The van der Waals surface area contributed by atoms with Gasteiger partial charge in [0.15, 0.2) is 0 Å². The van der Waals surface area contributed by atoms with E-state index in [9.17, 15) is 4.79 Å². The fourth-order valence-electron chi connectivity index (χ4n) is 1.67. The summed E-state index contributed by atoms with van der Waals surface area (Å²) in [5.41, 5.74) is 1.96. The Morgan fingerprint density at radius 3 is 2.39 bits per heavy atom. The van der Waals surface area contributed by atoms with Crippen LogP contribution >= 0.6 is 0 Å². The van der Waals surface area contributed by atoms with Crippen LogP contribution in [-0.2, 0) is 11.2 Å². The Morgan fingerprint density at radius 2 is 1.89 bits per heavy atom. The molecule has 0 radical (unpaired) electrons. The minimum atomic E-state index is -0.800. The highest BCUT2D eigenvalue weighted by molar-refractivity contribution is 6.76. The van der Waals surface area contributed by atoms with Crippen LogP contribution in [0.5, 0.6) is 0 Å². The summed E-state index contributed by atoms with van der Waals surface area (Å²) in [6.07, 6.45) is 5.91. The number of benzene rings is 1. The summed E-state index contributed by atoms with van der Waals surface area (Å²) in [7, 11) is 0. The summed E-state index contributed by atoms with van der Waals surface area (Å²) in [5.74, 6) is 1.26. The molecule has 0 saturated carbocycles. The third-order valence-electron chi connectivity index (χ3n) is 2.48. The van der Waals surface area contributed by atoms with Crippen LogP contribution < -0.4 is 10.7 Å². The first-order valence-corrected chi connectivity index (χ1v) is 6.16. The molecule has 0 aliphatic carbocycles. The SMILES string of the molecule is CC.O=C(O)Cc1ccc(B2C=CC=CN2)cc1. The first-order valence-electron chi connectivity index (χ1n) is 6.16. The van der Waals surface area contributed by atoms with Gasteiger partial charge in [-0.1, -0.05) is 55.6 Å². The smallest absolute Gasteiger partial charge is 0.312 e. The topological polar surface area (TPSA) is 49.3 Å². The molecule has 0 saturated heterocycles. The van der Waals surface area contributed by atoms with Gasteiger partial charge in [-0.2, -0.15) is 0 Å². The lowest BCUT2D eigenvalue weighted by Crippen LogP contribution is -2.41. The quantitative estimate of drug-likeness (QED) is 0.795. The van der Waals surface area contributed by atoms with E-state index in [0.717, 1.165) is 11.0 Å². The number of carbonyl (C=O) groups is 1. The maximum Gasteiger partial charge on any atom is 0.312 e. The summed E-state index contributed by atoms with van der Waals surface area (Å²) in [6, 6.07) is 7.63. The molecule has 0 spiro atoms. The van der Waals surface area contributed by atoms with Crippen LogP contribution in [-0.4, -0.2) is 17.9 Å². The highest BCUT2D eigenvalue weighted by Crippen LogP contribution is 2.00. The molecule has 1 aromatic rings. The summed E-state index contributed by atoms with van der Waals surface area (Å²) in [6.45, 7) is 4.18. The van der Waals surface area contributed by atoms with Crippen molar-refractivity contribution in [1.82, 2.24) is 5.23 Å². The molecule has 1 aromatic carbocycles. The first kappa shape index (κ1) is 14.1. The van der Waals surface area contributed by atoms with E-state index in [1.165, 1.54) is 0 Å². The van der Waals surface area contributed by atoms with E-state index in [1.807, 2.05) is 56.5 Å². The Hall–Kier alpha value is -1.97. The molecule has 0 aromatic heterocycles. The van der Waals surface area contributed by atoms with Gasteiger partial charge in [0, 0.05) is 0 Å². The Morgan fingerprint density at radius 1 is 1.22 bits per heavy atom. The molecule has 4 heteroatoms. The van der Waals surface area contributed by atoms with Gasteiger partial charge in [-0.15, -0.1) is 0 Å². The van der Waals surface area contributed by atoms with E-state index in [2.05, 4.69) is 11.2 Å². The van der Waals surface area contributed by atoms with Crippen molar-refractivity contribution in [3.63, 3.8) is 0 Å². The Balaban J connectivity index is 0.000000771. The molecule has 0 fully saturated rings. The van der Waals surface area contributed by atoms with Crippen LogP contribution in [0.3, 0.4) is 0 Å². The highest BCUT2D eigenvalue weighted by Gasteiger charge is 2.13. The zero-order valence-corrected chi connectivity index (χ0v) is 10.8. The maximum atomic E-state index is 10.5. The Bertz CT molecular complexity index is 438. The molecular weight excluding hydrogens is 225 g/mol. The van der Waals surface area contributed by atoms with E-state index in [0.29, 0.717) is 0 Å². The average Bonchev–Trinajstić information content (AvgIpc) is 2.42. The number of hydrogen-bond donors (Lipinski definition) is 2. The highest BCUT2D eigenvalue weighted by atomic mass is 16.4. The molecule has 1 heterocycles. The summed E-state index contributed by atoms with van der Waals surface area (Å²) < 4.78 is 0. The lowest BCUT2D eigenvalue weighted by atomic mass is 9.55. The largest absolute Gasteiger partial charge is 0.481 e. The summed E-state index contributed by atoms with van der Waals surface area (Å²) in [5, 5.41) is 11.9. The van der Waals surface area contributed by atoms with Gasteiger partial charge in [-0.3, -0.25) is 4.79 Å². The molecule has 1 aliphatic heterocycles. The minimum absolute atomic E-state index is 0.0775.